The summed E-state index contributed by atoms with van der Waals surface area (Å²) >= 11 is 0. The van der Waals surface area contributed by atoms with Gasteiger partial charge in [-0.25, -0.2) is 4.68 Å². The minimum absolute atomic E-state index is 0.0908. The van der Waals surface area contributed by atoms with Gasteiger partial charge in [0.25, 0.3) is 0 Å². The van der Waals surface area contributed by atoms with Crippen LogP contribution in [0, 0.1) is 5.92 Å². The topological polar surface area (TPSA) is 63.0 Å². The fourth-order valence-corrected chi connectivity index (χ4v) is 1.99. The van der Waals surface area contributed by atoms with E-state index in [2.05, 4.69) is 29.2 Å². The zero-order valence-electron chi connectivity index (χ0n) is 8.56. The molecule has 0 fully saturated rings. The molecule has 0 saturated carbocycles. The molecule has 0 saturated heterocycles. The van der Waals surface area contributed by atoms with E-state index in [4.69, 9.17) is 5.11 Å². The maximum Gasteiger partial charge on any atom is 0.221 e. The Morgan fingerprint density at radius 3 is 3.07 bits per heavy atom. The molecular weight excluding hydrogens is 180 g/mol. The van der Waals surface area contributed by atoms with Crippen LogP contribution in [0.4, 0.5) is 5.95 Å². The Labute approximate surface area is 83.2 Å². The van der Waals surface area contributed by atoms with Gasteiger partial charge >= 0.3 is 0 Å². The summed E-state index contributed by atoms with van der Waals surface area (Å²) < 4.78 is 1.90. The number of nitrogens with zero attached hydrogens (tertiary/aromatic N) is 3. The molecule has 1 aliphatic heterocycles. The maximum atomic E-state index is 8.95. The molecule has 78 valence electrons. The number of nitrogens with one attached hydrogen (secondary N) is 1. The molecule has 2 N–H and O–H groups in total. The summed E-state index contributed by atoms with van der Waals surface area (Å²) in [7, 11) is 0. The largest absolute Gasteiger partial charge is 0.388 e. The van der Waals surface area contributed by atoms with Crippen LogP contribution in [0.5, 0.6) is 0 Å². The van der Waals surface area contributed by atoms with Crippen molar-refractivity contribution in [3.8, 4) is 0 Å². The van der Waals surface area contributed by atoms with Gasteiger partial charge in [-0.1, -0.05) is 13.8 Å². The molecule has 2 heterocycles. The van der Waals surface area contributed by atoms with Crippen molar-refractivity contribution in [1.29, 1.82) is 0 Å². The van der Waals surface area contributed by atoms with E-state index in [-0.39, 0.29) is 6.61 Å². The fraction of sp³-hybridized carbons (Fsp3) is 0.778. The SMILES string of the molecule is CCC1C(C)CNc2nc(CO)nn21. The van der Waals surface area contributed by atoms with Crippen LogP contribution in [-0.2, 0) is 6.61 Å². The number of aliphatic hydroxyl groups excluding tert-OH is 1. The smallest absolute Gasteiger partial charge is 0.221 e. The molecule has 2 atom stereocenters. The van der Waals surface area contributed by atoms with Gasteiger partial charge in [0.05, 0.1) is 6.04 Å². The molecule has 0 spiro atoms. The Morgan fingerprint density at radius 1 is 1.64 bits per heavy atom. The van der Waals surface area contributed by atoms with E-state index in [1.165, 1.54) is 0 Å². The van der Waals surface area contributed by atoms with Crippen molar-refractivity contribution in [1.82, 2.24) is 14.8 Å². The molecule has 0 aliphatic carbocycles. The van der Waals surface area contributed by atoms with Crippen LogP contribution >= 0.6 is 0 Å². The lowest BCUT2D eigenvalue weighted by molar-refractivity contribution is 0.265. The van der Waals surface area contributed by atoms with Gasteiger partial charge in [-0.2, -0.15) is 10.1 Å². The van der Waals surface area contributed by atoms with Gasteiger partial charge in [0.15, 0.2) is 5.82 Å². The van der Waals surface area contributed by atoms with Crippen molar-refractivity contribution < 1.29 is 5.11 Å². The third-order valence-corrected chi connectivity index (χ3v) is 2.79. The monoisotopic (exact) mass is 196 g/mol. The predicted molar refractivity (Wildman–Crippen MR) is 52.9 cm³/mol. The summed E-state index contributed by atoms with van der Waals surface area (Å²) in [5.74, 6) is 1.85. The normalized spacial score (nSPS) is 25.6. The highest BCUT2D eigenvalue weighted by Crippen LogP contribution is 2.28. The Morgan fingerprint density at radius 2 is 2.43 bits per heavy atom. The Hall–Kier alpha value is -1.10. The number of rotatable bonds is 2. The highest BCUT2D eigenvalue weighted by molar-refractivity contribution is 5.28. The molecule has 0 aromatic carbocycles. The van der Waals surface area contributed by atoms with Gasteiger partial charge in [-0.3, -0.25) is 0 Å². The van der Waals surface area contributed by atoms with Crippen molar-refractivity contribution in [3.05, 3.63) is 5.82 Å². The van der Waals surface area contributed by atoms with E-state index in [0.717, 1.165) is 18.9 Å². The third kappa shape index (κ3) is 1.37. The molecule has 5 heteroatoms. The van der Waals surface area contributed by atoms with Gasteiger partial charge in [0, 0.05) is 6.54 Å². The van der Waals surface area contributed by atoms with Gasteiger partial charge in [0.2, 0.25) is 5.95 Å². The molecule has 1 aromatic heterocycles. The second-order valence-electron chi connectivity index (χ2n) is 3.79. The third-order valence-electron chi connectivity index (χ3n) is 2.79. The van der Waals surface area contributed by atoms with Crippen molar-refractivity contribution in [2.24, 2.45) is 5.92 Å². The standard InChI is InChI=1S/C9H16N4O/c1-3-7-6(2)4-10-9-11-8(5-14)12-13(7)9/h6-7,14H,3-5H2,1-2H3,(H,10,11,12). The number of fused-ring (bicyclic) bond motifs is 1. The van der Waals surface area contributed by atoms with E-state index < -0.39 is 0 Å². The molecule has 0 radical (unpaired) electrons. The van der Waals surface area contributed by atoms with E-state index in [1.54, 1.807) is 0 Å². The van der Waals surface area contributed by atoms with Crippen LogP contribution in [-0.4, -0.2) is 26.4 Å². The lowest BCUT2D eigenvalue weighted by Gasteiger charge is -2.29. The summed E-state index contributed by atoms with van der Waals surface area (Å²) in [4.78, 5) is 4.19. The molecule has 5 nitrogen and oxygen atoms in total. The average Bonchev–Trinajstić information content (AvgIpc) is 2.60. The second-order valence-corrected chi connectivity index (χ2v) is 3.79. The Kier molecular flexibility index (Phi) is 2.41. The lowest BCUT2D eigenvalue weighted by Crippen LogP contribution is -2.31. The van der Waals surface area contributed by atoms with Gasteiger partial charge in [-0.15, -0.1) is 0 Å². The molecular formula is C9H16N4O. The Bertz CT molecular complexity index is 323. The Balaban J connectivity index is 2.35. The number of aromatic nitrogens is 3. The van der Waals surface area contributed by atoms with Crippen LogP contribution in [0.25, 0.3) is 0 Å². The zero-order chi connectivity index (χ0) is 10.1. The predicted octanol–water partition coefficient (Wildman–Crippen LogP) is 0.783. The van der Waals surface area contributed by atoms with Crippen LogP contribution in [0.15, 0.2) is 0 Å². The van der Waals surface area contributed by atoms with Crippen LogP contribution in [0.3, 0.4) is 0 Å². The summed E-state index contributed by atoms with van der Waals surface area (Å²) in [5.41, 5.74) is 0. The van der Waals surface area contributed by atoms with Crippen molar-refractivity contribution in [3.63, 3.8) is 0 Å². The van der Waals surface area contributed by atoms with Crippen molar-refractivity contribution in [2.45, 2.75) is 32.9 Å². The highest BCUT2D eigenvalue weighted by atomic mass is 16.3. The molecule has 14 heavy (non-hydrogen) atoms. The molecule has 2 unspecified atom stereocenters. The van der Waals surface area contributed by atoms with E-state index in [9.17, 15) is 0 Å². The summed E-state index contributed by atoms with van der Waals surface area (Å²) in [5, 5.41) is 16.4. The number of hydrogen-bond donors (Lipinski definition) is 2. The molecule has 0 amide bonds. The summed E-state index contributed by atoms with van der Waals surface area (Å²) in [6.07, 6.45) is 1.05. The average molecular weight is 196 g/mol. The van der Waals surface area contributed by atoms with E-state index >= 15 is 0 Å². The van der Waals surface area contributed by atoms with Crippen LogP contribution in [0.1, 0.15) is 32.1 Å². The minimum atomic E-state index is -0.0908. The first-order chi connectivity index (χ1) is 6.76. The molecule has 2 rings (SSSR count). The second kappa shape index (κ2) is 3.57. The van der Waals surface area contributed by atoms with Crippen molar-refractivity contribution >= 4 is 5.95 Å². The number of aliphatic hydroxyl groups is 1. The lowest BCUT2D eigenvalue weighted by atomic mass is 9.98. The number of hydrogen-bond acceptors (Lipinski definition) is 4. The van der Waals surface area contributed by atoms with Gasteiger partial charge in [-0.05, 0) is 12.3 Å². The van der Waals surface area contributed by atoms with Crippen molar-refractivity contribution in [2.75, 3.05) is 11.9 Å². The van der Waals surface area contributed by atoms with E-state index in [0.29, 0.717) is 17.8 Å². The molecule has 1 aliphatic rings. The maximum absolute atomic E-state index is 8.95. The number of anilines is 1. The fourth-order valence-electron chi connectivity index (χ4n) is 1.99. The first-order valence-corrected chi connectivity index (χ1v) is 5.06. The zero-order valence-corrected chi connectivity index (χ0v) is 8.56. The van der Waals surface area contributed by atoms with Gasteiger partial charge < -0.3 is 10.4 Å². The summed E-state index contributed by atoms with van der Waals surface area (Å²) in [6, 6.07) is 0.402. The minimum Gasteiger partial charge on any atom is -0.388 e. The molecule has 1 aromatic rings. The quantitative estimate of drug-likeness (QED) is 0.733. The van der Waals surface area contributed by atoms with Crippen LogP contribution in [0.2, 0.25) is 0 Å². The van der Waals surface area contributed by atoms with Gasteiger partial charge in [0.1, 0.15) is 6.61 Å². The summed E-state index contributed by atoms with van der Waals surface area (Å²) in [6.45, 7) is 5.19. The molecule has 0 bridgehead atoms. The first kappa shape index (κ1) is 9.45. The van der Waals surface area contributed by atoms with Crippen LogP contribution < -0.4 is 5.32 Å². The highest BCUT2D eigenvalue weighted by Gasteiger charge is 2.26. The first-order valence-electron chi connectivity index (χ1n) is 5.06. The van der Waals surface area contributed by atoms with E-state index in [1.807, 2.05) is 4.68 Å².